The predicted molar refractivity (Wildman–Crippen MR) is 96.7 cm³/mol. The zero-order valence-electron chi connectivity index (χ0n) is 13.8. The van der Waals surface area contributed by atoms with Crippen molar-refractivity contribution in [3.05, 3.63) is 64.6 Å². The second kappa shape index (κ2) is 6.69. The molecule has 4 nitrogen and oxygen atoms in total. The minimum absolute atomic E-state index is 0.0269. The van der Waals surface area contributed by atoms with E-state index in [1.54, 1.807) is 48.1 Å². The number of aryl methyl sites for hydroxylation is 1. The van der Waals surface area contributed by atoms with Gasteiger partial charge in [0.25, 0.3) is 5.91 Å². The number of benzene rings is 2. The molecule has 0 atom stereocenters. The fraction of sp³-hybridized carbons (Fsp3) is 0.158. The third kappa shape index (κ3) is 3.42. The van der Waals surface area contributed by atoms with Crippen molar-refractivity contribution < 1.29 is 14.0 Å². The van der Waals surface area contributed by atoms with Crippen molar-refractivity contribution in [2.24, 2.45) is 7.05 Å². The highest BCUT2D eigenvalue weighted by Gasteiger charge is 2.18. The van der Waals surface area contributed by atoms with E-state index >= 15 is 0 Å². The van der Waals surface area contributed by atoms with Crippen molar-refractivity contribution in [1.82, 2.24) is 4.57 Å². The standard InChI is InChI=1S/C19H16ClFN2O2/c1-11(24)8-12-6-7-16(14(20)9-12)22-19(25)13-10-23(2)17-5-3-4-15(21)18(13)17/h3-7,9-10H,8H2,1-2H3,(H,22,25). The van der Waals surface area contributed by atoms with Crippen LogP contribution in [0.3, 0.4) is 0 Å². The van der Waals surface area contributed by atoms with Gasteiger partial charge < -0.3 is 9.88 Å². The molecular weight excluding hydrogens is 343 g/mol. The molecule has 0 aliphatic carbocycles. The van der Waals surface area contributed by atoms with Crippen LogP contribution in [0, 0.1) is 5.82 Å². The van der Waals surface area contributed by atoms with Crippen molar-refractivity contribution in [3.8, 4) is 0 Å². The normalized spacial score (nSPS) is 10.9. The molecule has 2 aromatic carbocycles. The first-order chi connectivity index (χ1) is 11.9. The van der Waals surface area contributed by atoms with Gasteiger partial charge in [-0.05, 0) is 36.8 Å². The van der Waals surface area contributed by atoms with Crippen molar-refractivity contribution >= 4 is 39.9 Å². The monoisotopic (exact) mass is 358 g/mol. The summed E-state index contributed by atoms with van der Waals surface area (Å²) in [5.41, 5.74) is 2.05. The zero-order valence-corrected chi connectivity index (χ0v) is 14.5. The van der Waals surface area contributed by atoms with E-state index in [0.29, 0.717) is 16.2 Å². The Morgan fingerprint density at radius 3 is 2.68 bits per heavy atom. The number of carbonyl (C=O) groups is 2. The molecular formula is C19H16ClFN2O2. The molecule has 0 fully saturated rings. The Hall–Kier alpha value is -2.66. The second-order valence-electron chi connectivity index (χ2n) is 5.93. The van der Waals surface area contributed by atoms with Crippen LogP contribution in [-0.2, 0) is 18.3 Å². The number of hydrogen-bond donors (Lipinski definition) is 1. The molecule has 1 aromatic heterocycles. The number of anilines is 1. The molecule has 25 heavy (non-hydrogen) atoms. The van der Waals surface area contributed by atoms with Gasteiger partial charge in [-0.1, -0.05) is 23.7 Å². The van der Waals surface area contributed by atoms with Crippen LogP contribution in [0.15, 0.2) is 42.6 Å². The number of nitrogens with zero attached hydrogens (tertiary/aromatic N) is 1. The van der Waals surface area contributed by atoms with Crippen molar-refractivity contribution in [2.45, 2.75) is 13.3 Å². The minimum Gasteiger partial charge on any atom is -0.350 e. The summed E-state index contributed by atoms with van der Waals surface area (Å²) in [5, 5.41) is 3.30. The summed E-state index contributed by atoms with van der Waals surface area (Å²) in [5.74, 6) is -0.873. The topological polar surface area (TPSA) is 51.1 Å². The zero-order chi connectivity index (χ0) is 18.1. The maximum atomic E-state index is 14.2. The number of carbonyl (C=O) groups excluding carboxylic acids is 2. The van der Waals surface area contributed by atoms with E-state index < -0.39 is 11.7 Å². The summed E-state index contributed by atoms with van der Waals surface area (Å²) in [7, 11) is 1.75. The lowest BCUT2D eigenvalue weighted by atomic mass is 10.1. The number of amides is 1. The maximum absolute atomic E-state index is 14.2. The van der Waals surface area contributed by atoms with Crippen LogP contribution in [0.25, 0.3) is 10.9 Å². The molecule has 0 unspecified atom stereocenters. The molecule has 0 radical (unpaired) electrons. The lowest BCUT2D eigenvalue weighted by Gasteiger charge is -2.08. The Morgan fingerprint density at radius 1 is 1.24 bits per heavy atom. The average Bonchev–Trinajstić information content (AvgIpc) is 2.88. The first kappa shape index (κ1) is 17.2. The maximum Gasteiger partial charge on any atom is 0.257 e. The van der Waals surface area contributed by atoms with Crippen molar-refractivity contribution in [2.75, 3.05) is 5.32 Å². The SMILES string of the molecule is CC(=O)Cc1ccc(NC(=O)c2cn(C)c3cccc(F)c23)c(Cl)c1. The van der Waals surface area contributed by atoms with E-state index in [1.807, 2.05) is 0 Å². The van der Waals surface area contributed by atoms with E-state index in [4.69, 9.17) is 11.6 Å². The van der Waals surface area contributed by atoms with Crippen LogP contribution in [0.2, 0.25) is 5.02 Å². The summed E-state index contributed by atoms with van der Waals surface area (Å²) in [4.78, 5) is 23.8. The number of Topliss-reactive ketones (excluding diaryl/α,β-unsaturated/α-hetero) is 1. The van der Waals surface area contributed by atoms with Crippen LogP contribution in [0.1, 0.15) is 22.8 Å². The Labute approximate surface area is 149 Å². The third-order valence-corrected chi connectivity index (χ3v) is 4.26. The van der Waals surface area contributed by atoms with Crippen molar-refractivity contribution in [3.63, 3.8) is 0 Å². The Balaban J connectivity index is 1.92. The van der Waals surface area contributed by atoms with Crippen LogP contribution in [0.5, 0.6) is 0 Å². The number of aromatic nitrogens is 1. The first-order valence-electron chi connectivity index (χ1n) is 7.69. The molecule has 0 aliphatic rings. The molecule has 1 heterocycles. The number of halogens is 2. The fourth-order valence-corrected chi connectivity index (χ4v) is 3.07. The molecule has 0 bridgehead atoms. The smallest absolute Gasteiger partial charge is 0.257 e. The van der Waals surface area contributed by atoms with E-state index in [0.717, 1.165) is 5.56 Å². The minimum atomic E-state index is -0.453. The Kier molecular flexibility index (Phi) is 4.59. The molecule has 0 saturated carbocycles. The number of nitrogens with one attached hydrogen (secondary N) is 1. The molecule has 128 valence electrons. The van der Waals surface area contributed by atoms with Gasteiger partial charge in [-0.15, -0.1) is 0 Å². The predicted octanol–water partition coefficient (Wildman–Crippen LogP) is 4.35. The van der Waals surface area contributed by atoms with E-state index in [-0.39, 0.29) is 23.2 Å². The fourth-order valence-electron chi connectivity index (χ4n) is 2.82. The van der Waals surface area contributed by atoms with Gasteiger partial charge in [-0.25, -0.2) is 4.39 Å². The van der Waals surface area contributed by atoms with Gasteiger partial charge in [0.15, 0.2) is 0 Å². The van der Waals surface area contributed by atoms with E-state index in [1.165, 1.54) is 13.0 Å². The molecule has 1 N–H and O–H groups in total. The second-order valence-corrected chi connectivity index (χ2v) is 6.34. The van der Waals surface area contributed by atoms with Gasteiger partial charge in [-0.2, -0.15) is 0 Å². The van der Waals surface area contributed by atoms with Gasteiger partial charge in [0.2, 0.25) is 0 Å². The highest BCUT2D eigenvalue weighted by Crippen LogP contribution is 2.27. The van der Waals surface area contributed by atoms with Gasteiger partial charge in [-0.3, -0.25) is 9.59 Å². The number of hydrogen-bond acceptors (Lipinski definition) is 2. The lowest BCUT2D eigenvalue weighted by Crippen LogP contribution is -2.12. The largest absolute Gasteiger partial charge is 0.350 e. The Morgan fingerprint density at radius 2 is 2.00 bits per heavy atom. The number of ketones is 1. The third-order valence-electron chi connectivity index (χ3n) is 3.94. The summed E-state index contributed by atoms with van der Waals surface area (Å²) in [6, 6.07) is 9.68. The molecule has 0 aliphatic heterocycles. The van der Waals surface area contributed by atoms with Crippen LogP contribution in [0.4, 0.5) is 10.1 Å². The van der Waals surface area contributed by atoms with Crippen molar-refractivity contribution in [1.29, 1.82) is 0 Å². The summed E-state index contributed by atoms with van der Waals surface area (Å²) in [6.07, 6.45) is 1.86. The molecule has 1 amide bonds. The first-order valence-corrected chi connectivity index (χ1v) is 8.07. The molecule has 0 saturated heterocycles. The van der Waals surface area contributed by atoms with Crippen LogP contribution >= 0.6 is 11.6 Å². The molecule has 3 rings (SSSR count). The molecule has 6 heteroatoms. The van der Waals surface area contributed by atoms with Gasteiger partial charge in [0, 0.05) is 25.1 Å². The summed E-state index contributed by atoms with van der Waals surface area (Å²) in [6.45, 7) is 1.50. The highest BCUT2D eigenvalue weighted by atomic mass is 35.5. The van der Waals surface area contributed by atoms with Crippen LogP contribution in [-0.4, -0.2) is 16.3 Å². The molecule has 0 spiro atoms. The lowest BCUT2D eigenvalue weighted by molar-refractivity contribution is -0.116. The quantitative estimate of drug-likeness (QED) is 0.753. The highest BCUT2D eigenvalue weighted by molar-refractivity contribution is 6.34. The van der Waals surface area contributed by atoms with E-state index in [9.17, 15) is 14.0 Å². The number of rotatable bonds is 4. The van der Waals surface area contributed by atoms with Gasteiger partial charge >= 0.3 is 0 Å². The Bertz CT molecular complexity index is 994. The summed E-state index contributed by atoms with van der Waals surface area (Å²) >= 11 is 6.19. The average molecular weight is 359 g/mol. The van der Waals surface area contributed by atoms with Crippen LogP contribution < -0.4 is 5.32 Å². The van der Waals surface area contributed by atoms with Gasteiger partial charge in [0.1, 0.15) is 11.6 Å². The molecule has 3 aromatic rings. The van der Waals surface area contributed by atoms with Gasteiger partial charge in [0.05, 0.1) is 21.8 Å². The summed E-state index contributed by atoms with van der Waals surface area (Å²) < 4.78 is 15.9. The van der Waals surface area contributed by atoms with E-state index in [2.05, 4.69) is 5.32 Å². The number of fused-ring (bicyclic) bond motifs is 1.